The molecule has 68 valence electrons. The summed E-state index contributed by atoms with van der Waals surface area (Å²) < 4.78 is 5.63. The van der Waals surface area contributed by atoms with Crippen LogP contribution in [0.2, 0.25) is 5.02 Å². The van der Waals surface area contributed by atoms with E-state index in [-0.39, 0.29) is 0 Å². The zero-order valence-corrected chi connectivity index (χ0v) is 8.43. The summed E-state index contributed by atoms with van der Waals surface area (Å²) in [6.07, 6.45) is 0. The first-order valence-electron chi connectivity index (χ1n) is 4.36. The fourth-order valence-corrected chi connectivity index (χ4v) is 1.50. The second-order valence-corrected chi connectivity index (χ2v) is 3.92. The summed E-state index contributed by atoms with van der Waals surface area (Å²) in [5.41, 5.74) is 0.910. The molecule has 1 heterocycles. The van der Waals surface area contributed by atoms with Crippen molar-refractivity contribution in [1.82, 2.24) is 0 Å². The quantitative estimate of drug-likeness (QED) is 0.663. The van der Waals surface area contributed by atoms with Gasteiger partial charge in [-0.25, -0.2) is 0 Å². The predicted molar refractivity (Wildman–Crippen MR) is 55.3 cm³/mol. The highest BCUT2D eigenvalue weighted by Crippen LogP contribution is 2.26. The average Bonchev–Trinajstić information content (AvgIpc) is 2.46. The number of hydrogen-bond donors (Lipinski definition) is 0. The molecule has 0 atom stereocenters. The second kappa shape index (κ2) is 3.08. The second-order valence-electron chi connectivity index (χ2n) is 3.49. The van der Waals surface area contributed by atoms with Gasteiger partial charge in [0.15, 0.2) is 0 Å². The molecule has 13 heavy (non-hydrogen) atoms. The summed E-state index contributed by atoms with van der Waals surface area (Å²) >= 11 is 5.87. The third-order valence-corrected chi connectivity index (χ3v) is 2.30. The Hall–Kier alpha value is -0.950. The third-order valence-electron chi connectivity index (χ3n) is 2.07. The minimum atomic E-state index is 0.422. The first-order chi connectivity index (χ1) is 6.16. The van der Waals surface area contributed by atoms with Gasteiger partial charge < -0.3 is 4.42 Å². The zero-order valence-electron chi connectivity index (χ0n) is 7.67. The van der Waals surface area contributed by atoms with Crippen molar-refractivity contribution in [3.8, 4) is 0 Å². The monoisotopic (exact) mass is 194 g/mol. The van der Waals surface area contributed by atoms with Crippen molar-refractivity contribution < 1.29 is 4.42 Å². The number of hydrogen-bond acceptors (Lipinski definition) is 1. The van der Waals surface area contributed by atoms with Crippen molar-refractivity contribution in [2.75, 3.05) is 0 Å². The van der Waals surface area contributed by atoms with Gasteiger partial charge in [0.05, 0.1) is 0 Å². The lowest BCUT2D eigenvalue weighted by Crippen LogP contribution is -1.79. The van der Waals surface area contributed by atoms with Crippen LogP contribution in [0.25, 0.3) is 11.0 Å². The van der Waals surface area contributed by atoms with Crippen molar-refractivity contribution in [2.24, 2.45) is 0 Å². The molecule has 0 spiro atoms. The van der Waals surface area contributed by atoms with Crippen molar-refractivity contribution in [3.63, 3.8) is 0 Å². The van der Waals surface area contributed by atoms with Crippen molar-refractivity contribution in [1.29, 1.82) is 0 Å². The summed E-state index contributed by atoms with van der Waals surface area (Å²) in [5.74, 6) is 1.43. The summed E-state index contributed by atoms with van der Waals surface area (Å²) in [4.78, 5) is 0. The molecule has 0 bridgehead atoms. The molecule has 0 saturated heterocycles. The Morgan fingerprint density at radius 3 is 2.69 bits per heavy atom. The Kier molecular flexibility index (Phi) is 2.04. The van der Waals surface area contributed by atoms with Crippen LogP contribution in [0.5, 0.6) is 0 Å². The highest BCUT2D eigenvalue weighted by molar-refractivity contribution is 6.31. The molecule has 1 aromatic carbocycles. The lowest BCUT2D eigenvalue weighted by Gasteiger charge is -1.95. The molecule has 0 aliphatic carbocycles. The van der Waals surface area contributed by atoms with E-state index in [9.17, 15) is 0 Å². The highest BCUT2D eigenvalue weighted by atomic mass is 35.5. The lowest BCUT2D eigenvalue weighted by atomic mass is 10.1. The number of halogens is 1. The maximum Gasteiger partial charge on any atom is 0.134 e. The van der Waals surface area contributed by atoms with Gasteiger partial charge in [-0.15, -0.1) is 0 Å². The van der Waals surface area contributed by atoms with E-state index in [2.05, 4.69) is 13.8 Å². The Morgan fingerprint density at radius 2 is 2.00 bits per heavy atom. The molecule has 1 nitrogen and oxygen atoms in total. The van der Waals surface area contributed by atoms with E-state index >= 15 is 0 Å². The molecule has 0 radical (unpaired) electrons. The summed E-state index contributed by atoms with van der Waals surface area (Å²) in [5, 5.41) is 1.83. The zero-order chi connectivity index (χ0) is 9.42. The Morgan fingerprint density at radius 1 is 1.23 bits per heavy atom. The summed E-state index contributed by atoms with van der Waals surface area (Å²) in [6.45, 7) is 4.22. The van der Waals surface area contributed by atoms with E-state index in [4.69, 9.17) is 16.0 Å². The topological polar surface area (TPSA) is 13.1 Å². The molecule has 2 rings (SSSR count). The van der Waals surface area contributed by atoms with Crippen LogP contribution in [0, 0.1) is 0 Å². The molecular formula is C11H11ClO. The standard InChI is InChI=1S/C11H11ClO/c1-7(2)11-6-8-5-9(12)3-4-10(8)13-11/h3-7H,1-2H3. The maximum absolute atomic E-state index is 5.87. The predicted octanol–water partition coefficient (Wildman–Crippen LogP) is 4.21. The van der Waals surface area contributed by atoms with Gasteiger partial charge in [-0.1, -0.05) is 25.4 Å². The molecule has 0 fully saturated rings. The number of fused-ring (bicyclic) bond motifs is 1. The fourth-order valence-electron chi connectivity index (χ4n) is 1.32. The SMILES string of the molecule is CC(C)c1cc2cc(Cl)ccc2o1. The van der Waals surface area contributed by atoms with Gasteiger partial charge in [-0.3, -0.25) is 0 Å². The van der Waals surface area contributed by atoms with Gasteiger partial charge in [0.2, 0.25) is 0 Å². The van der Waals surface area contributed by atoms with E-state index in [0.29, 0.717) is 5.92 Å². The van der Waals surface area contributed by atoms with Crippen molar-refractivity contribution in [2.45, 2.75) is 19.8 Å². The Labute approximate surface area is 82.3 Å². The fraction of sp³-hybridized carbons (Fsp3) is 0.273. The van der Waals surface area contributed by atoms with Crippen LogP contribution in [0.1, 0.15) is 25.5 Å². The first kappa shape index (κ1) is 8.64. The molecule has 0 saturated carbocycles. The van der Waals surface area contributed by atoms with Gasteiger partial charge in [0.25, 0.3) is 0 Å². The average molecular weight is 195 g/mol. The molecule has 0 amide bonds. The smallest absolute Gasteiger partial charge is 0.134 e. The van der Waals surface area contributed by atoms with Crippen molar-refractivity contribution in [3.05, 3.63) is 35.0 Å². The van der Waals surface area contributed by atoms with Gasteiger partial charge in [0.1, 0.15) is 11.3 Å². The van der Waals surface area contributed by atoms with Gasteiger partial charge >= 0.3 is 0 Å². The number of furan rings is 1. The van der Waals surface area contributed by atoms with E-state index in [1.807, 2.05) is 24.3 Å². The lowest BCUT2D eigenvalue weighted by molar-refractivity contribution is 0.522. The summed E-state index contributed by atoms with van der Waals surface area (Å²) in [6, 6.07) is 7.72. The minimum absolute atomic E-state index is 0.422. The molecular weight excluding hydrogens is 184 g/mol. The van der Waals surface area contributed by atoms with Crippen LogP contribution in [-0.2, 0) is 0 Å². The van der Waals surface area contributed by atoms with Gasteiger partial charge in [-0.2, -0.15) is 0 Å². The normalized spacial score (nSPS) is 11.4. The van der Waals surface area contributed by atoms with Crippen LogP contribution in [0.15, 0.2) is 28.7 Å². The van der Waals surface area contributed by atoms with E-state index in [1.165, 1.54) is 0 Å². The first-order valence-corrected chi connectivity index (χ1v) is 4.73. The van der Waals surface area contributed by atoms with Crippen LogP contribution >= 0.6 is 11.6 Å². The third kappa shape index (κ3) is 1.56. The van der Waals surface area contributed by atoms with Crippen molar-refractivity contribution >= 4 is 22.6 Å². The molecule has 0 aliphatic heterocycles. The van der Waals surface area contributed by atoms with Crippen LogP contribution < -0.4 is 0 Å². The van der Waals surface area contributed by atoms with Crippen LogP contribution in [0.3, 0.4) is 0 Å². The molecule has 1 aromatic heterocycles. The van der Waals surface area contributed by atoms with E-state index in [1.54, 1.807) is 0 Å². The molecule has 0 N–H and O–H groups in total. The molecule has 0 unspecified atom stereocenters. The molecule has 2 heteroatoms. The summed E-state index contributed by atoms with van der Waals surface area (Å²) in [7, 11) is 0. The minimum Gasteiger partial charge on any atom is -0.461 e. The molecule has 2 aromatic rings. The number of benzene rings is 1. The van der Waals surface area contributed by atoms with Gasteiger partial charge in [0, 0.05) is 16.3 Å². The van der Waals surface area contributed by atoms with Gasteiger partial charge in [-0.05, 0) is 24.3 Å². The van der Waals surface area contributed by atoms with E-state index < -0.39 is 0 Å². The number of rotatable bonds is 1. The highest BCUT2D eigenvalue weighted by Gasteiger charge is 2.06. The van der Waals surface area contributed by atoms with E-state index in [0.717, 1.165) is 21.8 Å². The van der Waals surface area contributed by atoms with Crippen LogP contribution in [0.4, 0.5) is 0 Å². The Balaban J connectivity index is 2.62. The molecule has 0 aliphatic rings. The van der Waals surface area contributed by atoms with Crippen LogP contribution in [-0.4, -0.2) is 0 Å². The Bertz CT molecular complexity index is 429. The maximum atomic E-state index is 5.87. The largest absolute Gasteiger partial charge is 0.461 e.